The van der Waals surface area contributed by atoms with Crippen LogP contribution in [-0.2, 0) is 13.7 Å². The van der Waals surface area contributed by atoms with Crippen molar-refractivity contribution in [3.63, 3.8) is 0 Å². The molecule has 26 heavy (non-hydrogen) atoms. The summed E-state index contributed by atoms with van der Waals surface area (Å²) in [7, 11) is 1.56. The standard InChI is InChI=1S/C19H22N4O3/c1-5-25-18-8-6-7-16(23-19(24)22(4)20-21-23)15(18)12-26-17-10-9-13(2)11-14(17)3/h6-11H,5,12H2,1-4H3. The van der Waals surface area contributed by atoms with E-state index in [0.29, 0.717) is 18.0 Å². The molecule has 0 saturated carbocycles. The maximum atomic E-state index is 12.3. The van der Waals surface area contributed by atoms with E-state index in [1.54, 1.807) is 13.1 Å². The Bertz CT molecular complexity index is 975. The van der Waals surface area contributed by atoms with Gasteiger partial charge >= 0.3 is 5.69 Å². The number of rotatable bonds is 6. The Balaban J connectivity index is 2.00. The second kappa shape index (κ2) is 7.43. The fraction of sp³-hybridized carbons (Fsp3) is 0.316. The lowest BCUT2D eigenvalue weighted by atomic mass is 10.1. The van der Waals surface area contributed by atoms with Gasteiger partial charge < -0.3 is 9.47 Å². The van der Waals surface area contributed by atoms with E-state index in [4.69, 9.17) is 9.47 Å². The predicted octanol–water partition coefficient (Wildman–Crippen LogP) is 2.56. The highest BCUT2D eigenvalue weighted by Crippen LogP contribution is 2.27. The van der Waals surface area contributed by atoms with Crippen LogP contribution in [0.15, 0.2) is 41.2 Å². The molecule has 2 aromatic carbocycles. The minimum Gasteiger partial charge on any atom is -0.493 e. The molecule has 7 heteroatoms. The molecule has 0 aliphatic rings. The van der Waals surface area contributed by atoms with E-state index in [2.05, 4.69) is 16.5 Å². The first-order valence-electron chi connectivity index (χ1n) is 8.45. The Kier molecular flexibility index (Phi) is 5.06. The molecule has 0 bridgehead atoms. The molecule has 7 nitrogen and oxygen atoms in total. The van der Waals surface area contributed by atoms with Gasteiger partial charge in [0.15, 0.2) is 0 Å². The Morgan fingerprint density at radius 3 is 2.50 bits per heavy atom. The van der Waals surface area contributed by atoms with E-state index in [1.807, 2.05) is 45.0 Å². The molecule has 3 aromatic rings. The monoisotopic (exact) mass is 354 g/mol. The fourth-order valence-electron chi connectivity index (χ4n) is 2.76. The fourth-order valence-corrected chi connectivity index (χ4v) is 2.76. The number of aromatic nitrogens is 4. The molecular weight excluding hydrogens is 332 g/mol. The van der Waals surface area contributed by atoms with Crippen LogP contribution in [-0.4, -0.2) is 26.4 Å². The summed E-state index contributed by atoms with van der Waals surface area (Å²) >= 11 is 0. The van der Waals surface area contributed by atoms with Gasteiger partial charge in [0.25, 0.3) is 0 Å². The van der Waals surface area contributed by atoms with Gasteiger partial charge in [-0.3, -0.25) is 0 Å². The summed E-state index contributed by atoms with van der Waals surface area (Å²) in [4.78, 5) is 12.3. The number of aryl methyl sites for hydroxylation is 3. The van der Waals surface area contributed by atoms with Gasteiger partial charge in [0.1, 0.15) is 18.1 Å². The largest absolute Gasteiger partial charge is 0.493 e. The normalized spacial score (nSPS) is 10.8. The number of hydrogen-bond acceptors (Lipinski definition) is 5. The Morgan fingerprint density at radius 2 is 1.85 bits per heavy atom. The second-order valence-electron chi connectivity index (χ2n) is 6.04. The van der Waals surface area contributed by atoms with Crippen LogP contribution < -0.4 is 15.2 Å². The summed E-state index contributed by atoms with van der Waals surface area (Å²) < 4.78 is 14.2. The van der Waals surface area contributed by atoms with E-state index in [1.165, 1.54) is 14.9 Å². The number of hydrogen-bond donors (Lipinski definition) is 0. The minimum absolute atomic E-state index is 0.248. The molecule has 0 atom stereocenters. The molecular formula is C19H22N4O3. The van der Waals surface area contributed by atoms with E-state index in [0.717, 1.165) is 16.9 Å². The van der Waals surface area contributed by atoms with Gasteiger partial charge in [0, 0.05) is 7.05 Å². The molecule has 0 amide bonds. The smallest absolute Gasteiger partial charge is 0.368 e. The Morgan fingerprint density at radius 1 is 1.04 bits per heavy atom. The van der Waals surface area contributed by atoms with Crippen molar-refractivity contribution >= 4 is 0 Å². The molecule has 0 aliphatic heterocycles. The summed E-state index contributed by atoms with van der Waals surface area (Å²) in [6.07, 6.45) is 0. The molecule has 0 fully saturated rings. The molecule has 0 N–H and O–H groups in total. The summed E-state index contributed by atoms with van der Waals surface area (Å²) in [5.74, 6) is 1.45. The van der Waals surface area contributed by atoms with E-state index in [-0.39, 0.29) is 12.3 Å². The zero-order valence-electron chi connectivity index (χ0n) is 15.4. The van der Waals surface area contributed by atoms with Gasteiger partial charge in [-0.15, -0.1) is 0 Å². The lowest BCUT2D eigenvalue weighted by Crippen LogP contribution is -2.23. The van der Waals surface area contributed by atoms with Crippen LogP contribution in [0.3, 0.4) is 0 Å². The van der Waals surface area contributed by atoms with Crippen LogP contribution in [0.5, 0.6) is 11.5 Å². The van der Waals surface area contributed by atoms with Crippen LogP contribution in [0.2, 0.25) is 0 Å². The Labute approximate surface area is 151 Å². The van der Waals surface area contributed by atoms with Crippen molar-refractivity contribution in [3.05, 3.63) is 63.6 Å². The molecule has 136 valence electrons. The molecule has 1 aromatic heterocycles. The van der Waals surface area contributed by atoms with Crippen molar-refractivity contribution in [2.75, 3.05) is 6.61 Å². The van der Waals surface area contributed by atoms with Gasteiger partial charge in [-0.05, 0) is 55.0 Å². The maximum absolute atomic E-state index is 12.3. The van der Waals surface area contributed by atoms with Crippen LogP contribution in [0.4, 0.5) is 0 Å². The zero-order chi connectivity index (χ0) is 18.7. The van der Waals surface area contributed by atoms with Crippen molar-refractivity contribution in [1.82, 2.24) is 19.8 Å². The third-order valence-electron chi connectivity index (χ3n) is 4.06. The van der Waals surface area contributed by atoms with E-state index in [9.17, 15) is 4.79 Å². The quantitative estimate of drug-likeness (QED) is 0.680. The van der Waals surface area contributed by atoms with Gasteiger partial charge in [0.2, 0.25) is 0 Å². The zero-order valence-corrected chi connectivity index (χ0v) is 15.4. The van der Waals surface area contributed by atoms with E-state index >= 15 is 0 Å². The highest BCUT2D eigenvalue weighted by molar-refractivity contribution is 5.49. The molecule has 0 unspecified atom stereocenters. The number of ether oxygens (including phenoxy) is 2. The van der Waals surface area contributed by atoms with Crippen molar-refractivity contribution in [2.45, 2.75) is 27.4 Å². The average molecular weight is 354 g/mol. The Hall–Kier alpha value is -3.09. The minimum atomic E-state index is -0.327. The predicted molar refractivity (Wildman–Crippen MR) is 98.0 cm³/mol. The average Bonchev–Trinajstić information content (AvgIpc) is 2.94. The SMILES string of the molecule is CCOc1cccc(-n2nnn(C)c2=O)c1COc1ccc(C)cc1C. The van der Waals surface area contributed by atoms with Crippen molar-refractivity contribution in [2.24, 2.45) is 7.05 Å². The first kappa shape index (κ1) is 17.7. The van der Waals surface area contributed by atoms with Crippen molar-refractivity contribution < 1.29 is 9.47 Å². The summed E-state index contributed by atoms with van der Waals surface area (Å²) in [5.41, 5.74) is 3.25. The van der Waals surface area contributed by atoms with E-state index < -0.39 is 0 Å². The summed E-state index contributed by atoms with van der Waals surface area (Å²) in [5, 5.41) is 7.72. The van der Waals surface area contributed by atoms with Gasteiger partial charge in [-0.1, -0.05) is 23.8 Å². The molecule has 3 rings (SSSR count). The second-order valence-corrected chi connectivity index (χ2v) is 6.04. The third kappa shape index (κ3) is 3.46. The lowest BCUT2D eigenvalue weighted by Gasteiger charge is -2.16. The molecule has 0 radical (unpaired) electrons. The molecule has 0 saturated heterocycles. The van der Waals surface area contributed by atoms with Crippen LogP contribution >= 0.6 is 0 Å². The van der Waals surface area contributed by atoms with Crippen molar-refractivity contribution in [3.8, 4) is 17.2 Å². The summed E-state index contributed by atoms with van der Waals surface area (Å²) in [6, 6.07) is 11.5. The number of benzene rings is 2. The molecule has 0 aliphatic carbocycles. The molecule has 0 spiro atoms. The highest BCUT2D eigenvalue weighted by Gasteiger charge is 2.16. The maximum Gasteiger partial charge on any atom is 0.368 e. The first-order valence-corrected chi connectivity index (χ1v) is 8.45. The summed E-state index contributed by atoms with van der Waals surface area (Å²) in [6.45, 7) is 6.72. The van der Waals surface area contributed by atoms with Gasteiger partial charge in [-0.25, -0.2) is 4.79 Å². The van der Waals surface area contributed by atoms with Crippen molar-refractivity contribution in [1.29, 1.82) is 0 Å². The van der Waals surface area contributed by atoms with Gasteiger partial charge in [-0.2, -0.15) is 9.36 Å². The highest BCUT2D eigenvalue weighted by atomic mass is 16.5. The molecule has 1 heterocycles. The lowest BCUT2D eigenvalue weighted by molar-refractivity contribution is 0.284. The van der Waals surface area contributed by atoms with Crippen LogP contribution in [0, 0.1) is 13.8 Å². The number of tetrazole rings is 1. The third-order valence-corrected chi connectivity index (χ3v) is 4.06. The number of nitrogens with zero attached hydrogens (tertiary/aromatic N) is 4. The van der Waals surface area contributed by atoms with Gasteiger partial charge in [0.05, 0.1) is 17.9 Å². The first-order chi connectivity index (χ1) is 12.5. The topological polar surface area (TPSA) is 71.2 Å². The van der Waals surface area contributed by atoms with Crippen LogP contribution in [0.1, 0.15) is 23.6 Å². The van der Waals surface area contributed by atoms with Crippen LogP contribution in [0.25, 0.3) is 5.69 Å².